The van der Waals surface area contributed by atoms with E-state index in [-0.39, 0.29) is 29.8 Å². The lowest BCUT2D eigenvalue weighted by Crippen LogP contribution is -2.26. The fourth-order valence-electron chi connectivity index (χ4n) is 3.66. The Balaban J connectivity index is 1.34. The second-order valence-electron chi connectivity index (χ2n) is 6.93. The van der Waals surface area contributed by atoms with Gasteiger partial charge >= 0.3 is 6.09 Å². The van der Waals surface area contributed by atoms with Crippen molar-refractivity contribution >= 4 is 35.4 Å². The zero-order valence-corrected chi connectivity index (χ0v) is 17.5. The molecule has 0 radical (unpaired) electrons. The molecule has 1 aliphatic rings. The van der Waals surface area contributed by atoms with Crippen molar-refractivity contribution in [2.75, 3.05) is 13.2 Å². The van der Waals surface area contributed by atoms with E-state index in [2.05, 4.69) is 29.6 Å². The molecule has 1 aliphatic carbocycles. The molecule has 0 fully saturated rings. The highest BCUT2D eigenvalue weighted by Gasteiger charge is 2.28. The second-order valence-corrected chi connectivity index (χ2v) is 7.75. The van der Waals surface area contributed by atoms with Crippen molar-refractivity contribution in [2.24, 2.45) is 0 Å². The number of aromatic hydroxyl groups is 1. The average molecular weight is 440 g/mol. The van der Waals surface area contributed by atoms with Gasteiger partial charge in [0.2, 0.25) is 0 Å². The van der Waals surface area contributed by atoms with Crippen molar-refractivity contribution in [3.8, 4) is 16.9 Å². The molecule has 152 valence electrons. The van der Waals surface area contributed by atoms with Crippen LogP contribution in [-0.4, -0.2) is 24.4 Å². The molecule has 3 aromatic rings. The summed E-state index contributed by atoms with van der Waals surface area (Å²) in [6.45, 7) is 0.536. The third-order valence-corrected chi connectivity index (χ3v) is 5.70. The number of phenolic OH excluding ortho intramolecular Hbond substituents is 1. The number of benzene rings is 3. The largest absolute Gasteiger partial charge is 0.506 e. The summed E-state index contributed by atoms with van der Waals surface area (Å²) in [5.74, 6) is -0.0489. The minimum absolute atomic E-state index is 0.0247. The Bertz CT molecular complexity index is 1080. The molecule has 0 atom stereocenters. The van der Waals surface area contributed by atoms with Crippen molar-refractivity contribution in [2.45, 2.75) is 5.92 Å². The number of hydrogen-bond donors (Lipinski definition) is 2. The monoisotopic (exact) mass is 439 g/mol. The van der Waals surface area contributed by atoms with Crippen molar-refractivity contribution in [1.29, 1.82) is 0 Å². The molecule has 0 heterocycles. The summed E-state index contributed by atoms with van der Waals surface area (Å²) >= 11 is 12.0. The van der Waals surface area contributed by atoms with Crippen LogP contribution in [0.2, 0.25) is 10.0 Å². The Labute approximate surface area is 184 Å². The van der Waals surface area contributed by atoms with Gasteiger partial charge < -0.3 is 15.2 Å². The number of amides is 1. The molecular formula is C24H19Cl2NO3. The number of hydrogen-bond acceptors (Lipinski definition) is 3. The number of ether oxygens (including phenoxy) is 1. The fraction of sp³-hybridized carbons (Fsp3) is 0.125. The molecule has 4 rings (SSSR count). The molecule has 0 saturated carbocycles. The molecular weight excluding hydrogens is 421 g/mol. The Morgan fingerprint density at radius 3 is 2.30 bits per heavy atom. The van der Waals surface area contributed by atoms with E-state index in [1.807, 2.05) is 24.3 Å². The van der Waals surface area contributed by atoms with E-state index in [0.29, 0.717) is 10.6 Å². The maximum Gasteiger partial charge on any atom is 0.407 e. The molecule has 0 aromatic heterocycles. The first-order valence-electron chi connectivity index (χ1n) is 9.48. The summed E-state index contributed by atoms with van der Waals surface area (Å²) in [6.07, 6.45) is 2.96. The Hall–Kier alpha value is -2.95. The summed E-state index contributed by atoms with van der Waals surface area (Å²) in [6, 6.07) is 19.3. The van der Waals surface area contributed by atoms with E-state index >= 15 is 0 Å². The van der Waals surface area contributed by atoms with E-state index < -0.39 is 6.09 Å². The number of carbonyl (C=O) groups excluding carboxylic acids is 1. The van der Waals surface area contributed by atoms with Crippen molar-refractivity contribution in [1.82, 2.24) is 5.32 Å². The van der Waals surface area contributed by atoms with Crippen molar-refractivity contribution < 1.29 is 14.6 Å². The maximum atomic E-state index is 12.2. The van der Waals surface area contributed by atoms with Gasteiger partial charge in [0.25, 0.3) is 0 Å². The van der Waals surface area contributed by atoms with E-state index in [1.165, 1.54) is 28.3 Å². The summed E-state index contributed by atoms with van der Waals surface area (Å²) in [5, 5.41) is 12.8. The van der Waals surface area contributed by atoms with Crippen LogP contribution in [0.25, 0.3) is 17.2 Å². The normalized spacial score (nSPS) is 12.6. The number of fused-ring (bicyclic) bond motifs is 3. The van der Waals surface area contributed by atoms with E-state index in [9.17, 15) is 9.90 Å². The van der Waals surface area contributed by atoms with Crippen LogP contribution in [0.5, 0.6) is 5.75 Å². The van der Waals surface area contributed by atoms with Gasteiger partial charge in [0.15, 0.2) is 0 Å². The first kappa shape index (κ1) is 20.3. The van der Waals surface area contributed by atoms with Gasteiger partial charge in [-0.1, -0.05) is 83.9 Å². The topological polar surface area (TPSA) is 58.6 Å². The van der Waals surface area contributed by atoms with Crippen LogP contribution in [0.4, 0.5) is 4.79 Å². The van der Waals surface area contributed by atoms with Gasteiger partial charge in [-0.15, -0.1) is 0 Å². The zero-order valence-electron chi connectivity index (χ0n) is 15.9. The van der Waals surface area contributed by atoms with Gasteiger partial charge in [-0.3, -0.25) is 0 Å². The van der Waals surface area contributed by atoms with Gasteiger partial charge in [0.05, 0.1) is 10.0 Å². The number of rotatable bonds is 5. The maximum absolute atomic E-state index is 12.2. The molecule has 0 aliphatic heterocycles. The first-order chi connectivity index (χ1) is 14.5. The first-order valence-corrected chi connectivity index (χ1v) is 10.2. The number of phenols is 1. The second kappa shape index (κ2) is 8.82. The standard InChI is InChI=1S/C24H19Cl2NO3/c25-21-13-23(28)22(26)12-15(21)6-5-11-27-24(29)30-14-20-18-9-3-1-7-16(18)17-8-2-4-10-19(17)20/h1-10,12-13,20,28H,11,14H2,(H,27,29). The fourth-order valence-corrected chi connectivity index (χ4v) is 4.05. The SMILES string of the molecule is O=C(NCC=Cc1cc(Cl)c(O)cc1Cl)OCC1c2ccccc2-c2ccccc21. The Morgan fingerprint density at radius 1 is 1.00 bits per heavy atom. The predicted octanol–water partition coefficient (Wildman–Crippen LogP) is 6.25. The number of nitrogens with one attached hydrogen (secondary N) is 1. The summed E-state index contributed by atoms with van der Waals surface area (Å²) < 4.78 is 5.49. The molecule has 30 heavy (non-hydrogen) atoms. The summed E-state index contributed by atoms with van der Waals surface area (Å²) in [5.41, 5.74) is 5.37. The molecule has 0 saturated heterocycles. The molecule has 4 nitrogen and oxygen atoms in total. The number of carbonyl (C=O) groups is 1. The van der Waals surface area contributed by atoms with Crippen LogP contribution in [0.1, 0.15) is 22.6 Å². The highest BCUT2D eigenvalue weighted by atomic mass is 35.5. The van der Waals surface area contributed by atoms with Crippen molar-refractivity contribution in [3.05, 3.63) is 93.5 Å². The third kappa shape index (κ3) is 4.16. The molecule has 0 spiro atoms. The van der Waals surface area contributed by atoms with Gasteiger partial charge in [-0.25, -0.2) is 4.79 Å². The summed E-state index contributed by atoms with van der Waals surface area (Å²) in [4.78, 5) is 12.2. The molecule has 3 aromatic carbocycles. The average Bonchev–Trinajstić information content (AvgIpc) is 3.07. The Morgan fingerprint density at radius 2 is 1.63 bits per heavy atom. The molecule has 1 amide bonds. The van der Waals surface area contributed by atoms with Crippen LogP contribution in [-0.2, 0) is 4.74 Å². The minimum atomic E-state index is -0.489. The summed E-state index contributed by atoms with van der Waals surface area (Å²) in [7, 11) is 0. The van der Waals surface area contributed by atoms with Crippen LogP contribution in [0.15, 0.2) is 66.7 Å². The molecule has 6 heteroatoms. The lowest BCUT2D eigenvalue weighted by Gasteiger charge is -2.14. The third-order valence-electron chi connectivity index (χ3n) is 5.07. The van der Waals surface area contributed by atoms with Gasteiger partial charge in [-0.2, -0.15) is 0 Å². The molecule has 2 N–H and O–H groups in total. The predicted molar refractivity (Wildman–Crippen MR) is 120 cm³/mol. The quantitative estimate of drug-likeness (QED) is 0.493. The molecule has 0 bridgehead atoms. The lowest BCUT2D eigenvalue weighted by molar-refractivity contribution is 0.144. The lowest BCUT2D eigenvalue weighted by atomic mass is 9.98. The van der Waals surface area contributed by atoms with Crippen LogP contribution in [0, 0.1) is 0 Å². The van der Waals surface area contributed by atoms with E-state index in [4.69, 9.17) is 27.9 Å². The number of alkyl carbamates (subject to hydrolysis) is 1. The van der Waals surface area contributed by atoms with Crippen LogP contribution >= 0.6 is 23.2 Å². The highest BCUT2D eigenvalue weighted by molar-refractivity contribution is 6.35. The van der Waals surface area contributed by atoms with Crippen LogP contribution < -0.4 is 5.32 Å². The highest BCUT2D eigenvalue weighted by Crippen LogP contribution is 2.44. The smallest absolute Gasteiger partial charge is 0.407 e. The Kier molecular flexibility index (Phi) is 5.98. The van der Waals surface area contributed by atoms with Gasteiger partial charge in [-0.05, 0) is 33.9 Å². The van der Waals surface area contributed by atoms with Gasteiger partial charge in [0.1, 0.15) is 12.4 Å². The minimum Gasteiger partial charge on any atom is -0.506 e. The molecule has 0 unspecified atom stereocenters. The van der Waals surface area contributed by atoms with Crippen LogP contribution in [0.3, 0.4) is 0 Å². The number of halogens is 2. The van der Waals surface area contributed by atoms with Gasteiger partial charge in [0, 0.05) is 18.5 Å². The zero-order chi connectivity index (χ0) is 21.1. The van der Waals surface area contributed by atoms with E-state index in [0.717, 1.165) is 0 Å². The van der Waals surface area contributed by atoms with Crippen molar-refractivity contribution in [3.63, 3.8) is 0 Å². The van der Waals surface area contributed by atoms with E-state index in [1.54, 1.807) is 18.2 Å².